The number of hydrogen-bond acceptors (Lipinski definition) is 5. The minimum atomic E-state index is -0.413. The Hall–Kier alpha value is -3.16. The molecule has 28 heavy (non-hydrogen) atoms. The second-order valence-electron chi connectivity index (χ2n) is 6.50. The van der Waals surface area contributed by atoms with E-state index in [2.05, 4.69) is 15.6 Å². The van der Waals surface area contributed by atoms with E-state index in [1.54, 1.807) is 36.2 Å². The van der Waals surface area contributed by atoms with Crippen molar-refractivity contribution in [1.82, 2.24) is 9.88 Å². The van der Waals surface area contributed by atoms with E-state index in [9.17, 15) is 14.0 Å². The Morgan fingerprint density at radius 1 is 1.25 bits per heavy atom. The van der Waals surface area contributed by atoms with E-state index in [0.29, 0.717) is 36.8 Å². The summed E-state index contributed by atoms with van der Waals surface area (Å²) in [5.41, 5.74) is 0.813. The van der Waals surface area contributed by atoms with E-state index in [-0.39, 0.29) is 18.0 Å². The number of amides is 2. The summed E-state index contributed by atoms with van der Waals surface area (Å²) < 4.78 is 18.3. The largest absolute Gasteiger partial charge is 0.450 e. The van der Waals surface area contributed by atoms with Gasteiger partial charge in [0.05, 0.1) is 6.61 Å². The zero-order valence-corrected chi connectivity index (χ0v) is 15.7. The second kappa shape index (κ2) is 9.16. The van der Waals surface area contributed by atoms with Gasteiger partial charge in [-0.1, -0.05) is 6.07 Å². The summed E-state index contributed by atoms with van der Waals surface area (Å²) in [6.07, 6.45) is 2.80. The molecule has 0 saturated carbocycles. The molecule has 1 aliphatic rings. The fraction of sp³-hybridized carbons (Fsp3) is 0.350. The fourth-order valence-corrected chi connectivity index (χ4v) is 3.05. The number of pyridine rings is 1. The number of halogens is 1. The predicted octanol–water partition coefficient (Wildman–Crippen LogP) is 3.51. The maximum Gasteiger partial charge on any atom is 0.409 e. The third kappa shape index (κ3) is 5.18. The fourth-order valence-electron chi connectivity index (χ4n) is 3.05. The molecule has 2 heterocycles. The molecule has 0 spiro atoms. The van der Waals surface area contributed by atoms with Crippen LogP contribution in [0.1, 0.15) is 30.1 Å². The van der Waals surface area contributed by atoms with Gasteiger partial charge in [-0.3, -0.25) is 4.79 Å². The van der Waals surface area contributed by atoms with Crippen LogP contribution in [0.15, 0.2) is 42.6 Å². The highest BCUT2D eigenvalue weighted by Crippen LogP contribution is 2.18. The molecule has 0 aliphatic carbocycles. The third-order valence-electron chi connectivity index (χ3n) is 4.48. The Balaban J connectivity index is 1.56. The van der Waals surface area contributed by atoms with Gasteiger partial charge in [-0.25, -0.2) is 14.2 Å². The number of ether oxygens (including phenoxy) is 1. The average molecular weight is 386 g/mol. The Morgan fingerprint density at radius 2 is 2.04 bits per heavy atom. The highest BCUT2D eigenvalue weighted by molar-refractivity contribution is 6.04. The third-order valence-corrected chi connectivity index (χ3v) is 4.48. The summed E-state index contributed by atoms with van der Waals surface area (Å²) in [5.74, 6) is -0.168. The van der Waals surface area contributed by atoms with Crippen molar-refractivity contribution >= 4 is 23.5 Å². The number of nitrogens with one attached hydrogen (secondary N) is 2. The van der Waals surface area contributed by atoms with Crippen molar-refractivity contribution in [1.29, 1.82) is 0 Å². The molecule has 148 valence electrons. The van der Waals surface area contributed by atoms with Gasteiger partial charge in [0.25, 0.3) is 5.91 Å². The highest BCUT2D eigenvalue weighted by Gasteiger charge is 2.23. The van der Waals surface area contributed by atoms with Gasteiger partial charge in [0, 0.05) is 36.6 Å². The van der Waals surface area contributed by atoms with Crippen LogP contribution in [0.25, 0.3) is 0 Å². The normalized spacial score (nSPS) is 14.4. The number of carbonyl (C=O) groups is 2. The standard InChI is InChI=1S/C20H23FN4O3/c1-2-28-20(27)25-10-7-16(8-11-25)23-18-12-14(6-9-22-18)19(26)24-17-5-3-4-15(21)13-17/h3-6,9,12-13,16H,2,7-8,10-11H2,1H3,(H,22,23)(H,24,26). The molecular formula is C20H23FN4O3. The van der Waals surface area contributed by atoms with Crippen LogP contribution in [-0.2, 0) is 4.74 Å². The number of aromatic nitrogens is 1. The van der Waals surface area contributed by atoms with Crippen LogP contribution < -0.4 is 10.6 Å². The summed E-state index contributed by atoms with van der Waals surface area (Å²) >= 11 is 0. The van der Waals surface area contributed by atoms with Crippen molar-refractivity contribution in [2.24, 2.45) is 0 Å². The molecule has 1 fully saturated rings. The van der Waals surface area contributed by atoms with Gasteiger partial charge in [-0.15, -0.1) is 0 Å². The molecule has 2 N–H and O–H groups in total. The summed E-state index contributed by atoms with van der Waals surface area (Å²) in [7, 11) is 0. The van der Waals surface area contributed by atoms with Gasteiger partial charge in [-0.2, -0.15) is 0 Å². The van der Waals surface area contributed by atoms with Gasteiger partial charge < -0.3 is 20.3 Å². The Kier molecular flexibility index (Phi) is 6.41. The van der Waals surface area contributed by atoms with Crippen molar-refractivity contribution < 1.29 is 18.7 Å². The van der Waals surface area contributed by atoms with Gasteiger partial charge >= 0.3 is 6.09 Å². The molecule has 1 saturated heterocycles. The second-order valence-corrected chi connectivity index (χ2v) is 6.50. The number of nitrogens with zero attached hydrogens (tertiary/aromatic N) is 2. The van der Waals surface area contributed by atoms with E-state index in [1.807, 2.05) is 0 Å². The Bertz CT molecular complexity index is 838. The molecule has 0 bridgehead atoms. The summed E-state index contributed by atoms with van der Waals surface area (Å²) in [6, 6.07) is 9.15. The molecular weight excluding hydrogens is 363 g/mol. The van der Waals surface area contributed by atoms with Crippen LogP contribution in [0, 0.1) is 5.82 Å². The van der Waals surface area contributed by atoms with E-state index in [1.165, 1.54) is 18.2 Å². The van der Waals surface area contributed by atoms with Crippen LogP contribution in [0.5, 0.6) is 0 Å². The predicted molar refractivity (Wildman–Crippen MR) is 104 cm³/mol. The number of anilines is 2. The average Bonchev–Trinajstić information content (AvgIpc) is 2.69. The Labute approximate surface area is 162 Å². The molecule has 1 aromatic heterocycles. The summed E-state index contributed by atoms with van der Waals surface area (Å²) in [5, 5.41) is 5.98. The van der Waals surface area contributed by atoms with Crippen LogP contribution in [0.3, 0.4) is 0 Å². The first-order valence-electron chi connectivity index (χ1n) is 9.26. The lowest BCUT2D eigenvalue weighted by Gasteiger charge is -2.31. The minimum absolute atomic E-state index is 0.153. The molecule has 8 heteroatoms. The number of rotatable bonds is 5. The lowest BCUT2D eigenvalue weighted by molar-refractivity contribution is 0.0981. The first kappa shape index (κ1) is 19.6. The van der Waals surface area contributed by atoms with Crippen LogP contribution in [-0.4, -0.2) is 47.6 Å². The smallest absolute Gasteiger partial charge is 0.409 e. The maximum atomic E-state index is 13.3. The molecule has 2 aromatic rings. The Morgan fingerprint density at radius 3 is 2.75 bits per heavy atom. The SMILES string of the molecule is CCOC(=O)N1CCC(Nc2cc(C(=O)Nc3cccc(F)c3)ccn2)CC1. The summed E-state index contributed by atoms with van der Waals surface area (Å²) in [6.45, 7) is 3.37. The van der Waals surface area contributed by atoms with Gasteiger partial charge in [0.2, 0.25) is 0 Å². The number of hydrogen-bond donors (Lipinski definition) is 2. The molecule has 1 aromatic carbocycles. The molecule has 3 rings (SSSR count). The van der Waals surface area contributed by atoms with E-state index < -0.39 is 5.82 Å². The molecule has 1 aliphatic heterocycles. The molecule has 0 atom stereocenters. The number of benzene rings is 1. The zero-order valence-electron chi connectivity index (χ0n) is 15.7. The maximum absolute atomic E-state index is 13.3. The van der Waals surface area contributed by atoms with Crippen molar-refractivity contribution in [3.05, 3.63) is 54.0 Å². The zero-order chi connectivity index (χ0) is 19.9. The molecule has 2 amide bonds. The van der Waals surface area contributed by atoms with Gasteiger partial charge in [0.15, 0.2) is 0 Å². The van der Waals surface area contributed by atoms with E-state index in [0.717, 1.165) is 12.8 Å². The number of likely N-dealkylation sites (tertiary alicyclic amines) is 1. The van der Waals surface area contributed by atoms with Crippen LogP contribution in [0.4, 0.5) is 20.7 Å². The monoisotopic (exact) mass is 386 g/mol. The first-order chi connectivity index (χ1) is 13.5. The quantitative estimate of drug-likeness (QED) is 0.822. The lowest BCUT2D eigenvalue weighted by atomic mass is 10.1. The number of carbonyl (C=O) groups excluding carboxylic acids is 2. The van der Waals surface area contributed by atoms with Gasteiger partial charge in [0.1, 0.15) is 11.6 Å². The minimum Gasteiger partial charge on any atom is -0.450 e. The molecule has 0 radical (unpaired) electrons. The number of piperidine rings is 1. The van der Waals surface area contributed by atoms with E-state index >= 15 is 0 Å². The van der Waals surface area contributed by atoms with Crippen molar-refractivity contribution in [2.75, 3.05) is 30.3 Å². The topological polar surface area (TPSA) is 83.6 Å². The van der Waals surface area contributed by atoms with E-state index in [4.69, 9.17) is 4.74 Å². The molecule has 0 unspecified atom stereocenters. The highest BCUT2D eigenvalue weighted by atomic mass is 19.1. The van der Waals surface area contributed by atoms with Gasteiger partial charge in [-0.05, 0) is 50.1 Å². The lowest BCUT2D eigenvalue weighted by Crippen LogP contribution is -2.42. The van der Waals surface area contributed by atoms with Crippen molar-refractivity contribution in [3.63, 3.8) is 0 Å². The first-order valence-corrected chi connectivity index (χ1v) is 9.26. The van der Waals surface area contributed by atoms with Crippen LogP contribution in [0.2, 0.25) is 0 Å². The van der Waals surface area contributed by atoms with Crippen LogP contribution >= 0.6 is 0 Å². The molecule has 7 nitrogen and oxygen atoms in total. The van der Waals surface area contributed by atoms with Crippen molar-refractivity contribution in [2.45, 2.75) is 25.8 Å². The van der Waals surface area contributed by atoms with Crippen molar-refractivity contribution in [3.8, 4) is 0 Å². The summed E-state index contributed by atoms with van der Waals surface area (Å²) in [4.78, 5) is 30.1.